The number of esters is 1. The minimum atomic E-state index is -0.258. The molecule has 1 heterocycles. The van der Waals surface area contributed by atoms with Crippen molar-refractivity contribution in [1.29, 1.82) is 0 Å². The van der Waals surface area contributed by atoms with E-state index in [0.717, 1.165) is 5.82 Å². The van der Waals surface area contributed by atoms with Crippen molar-refractivity contribution in [2.75, 3.05) is 12.4 Å². The van der Waals surface area contributed by atoms with E-state index in [1.165, 1.54) is 18.7 Å². The molecule has 16 heavy (non-hydrogen) atoms. The molecule has 0 spiro atoms. The van der Waals surface area contributed by atoms with E-state index in [-0.39, 0.29) is 11.4 Å². The lowest BCUT2D eigenvalue weighted by atomic mass is 9.96. The molecule has 0 bridgehead atoms. The maximum Gasteiger partial charge on any atom is 0.302 e. The van der Waals surface area contributed by atoms with Gasteiger partial charge >= 0.3 is 5.97 Å². The summed E-state index contributed by atoms with van der Waals surface area (Å²) in [6.07, 6.45) is 0. The van der Waals surface area contributed by atoms with Gasteiger partial charge in [0.2, 0.25) is 5.16 Å². The largest absolute Gasteiger partial charge is 0.465 e. The zero-order chi connectivity index (χ0) is 12.2. The van der Waals surface area contributed by atoms with Crippen molar-refractivity contribution >= 4 is 17.7 Å². The second kappa shape index (κ2) is 5.34. The molecule has 0 aliphatic carbocycles. The highest BCUT2D eigenvalue weighted by Crippen LogP contribution is 2.20. The molecule has 90 valence electrons. The summed E-state index contributed by atoms with van der Waals surface area (Å²) in [6, 6.07) is 0. The fraction of sp³-hybridized carbons (Fsp3) is 0.700. The number of hydrogen-bond donors (Lipinski definition) is 1. The van der Waals surface area contributed by atoms with Crippen molar-refractivity contribution in [3.8, 4) is 0 Å². The lowest BCUT2D eigenvalue weighted by Gasteiger charge is -2.12. The topological polar surface area (TPSA) is 67.9 Å². The molecule has 0 aliphatic heterocycles. The van der Waals surface area contributed by atoms with Crippen molar-refractivity contribution in [2.45, 2.75) is 38.3 Å². The molecule has 1 rings (SSSR count). The van der Waals surface area contributed by atoms with Gasteiger partial charge in [-0.15, -0.1) is 5.10 Å². The smallest absolute Gasteiger partial charge is 0.302 e. The Balaban J connectivity index is 2.38. The number of ether oxygens (including phenoxy) is 1. The van der Waals surface area contributed by atoms with Crippen molar-refractivity contribution in [3.05, 3.63) is 5.82 Å². The second-order valence-electron chi connectivity index (χ2n) is 4.41. The van der Waals surface area contributed by atoms with Crippen molar-refractivity contribution in [3.63, 3.8) is 0 Å². The van der Waals surface area contributed by atoms with Gasteiger partial charge in [-0.2, -0.15) is 0 Å². The molecule has 0 aromatic carbocycles. The fourth-order valence-electron chi connectivity index (χ4n) is 0.965. The number of aromatic nitrogens is 3. The summed E-state index contributed by atoms with van der Waals surface area (Å²) in [5, 5.41) is 7.68. The van der Waals surface area contributed by atoms with Gasteiger partial charge < -0.3 is 4.74 Å². The molecular weight excluding hydrogens is 226 g/mol. The number of carbonyl (C=O) groups excluding carboxylic acids is 1. The third kappa shape index (κ3) is 4.22. The van der Waals surface area contributed by atoms with Crippen LogP contribution in [0.3, 0.4) is 0 Å². The van der Waals surface area contributed by atoms with Gasteiger partial charge in [0.25, 0.3) is 0 Å². The molecule has 5 nitrogen and oxygen atoms in total. The van der Waals surface area contributed by atoms with Gasteiger partial charge in [0.15, 0.2) is 0 Å². The molecule has 1 N–H and O–H groups in total. The molecular formula is C10H17N3O2S. The van der Waals surface area contributed by atoms with E-state index >= 15 is 0 Å². The summed E-state index contributed by atoms with van der Waals surface area (Å²) in [7, 11) is 0. The molecule has 0 saturated heterocycles. The van der Waals surface area contributed by atoms with Crippen LogP contribution in [0, 0.1) is 0 Å². The highest BCUT2D eigenvalue weighted by molar-refractivity contribution is 7.99. The average molecular weight is 243 g/mol. The molecule has 0 fully saturated rings. The van der Waals surface area contributed by atoms with E-state index in [4.69, 9.17) is 4.74 Å². The summed E-state index contributed by atoms with van der Waals surface area (Å²) in [4.78, 5) is 14.9. The van der Waals surface area contributed by atoms with Gasteiger partial charge in [-0.1, -0.05) is 32.5 Å². The predicted octanol–water partition coefficient (Wildman–Crippen LogP) is 1.76. The van der Waals surface area contributed by atoms with Gasteiger partial charge in [-0.05, 0) is 0 Å². The van der Waals surface area contributed by atoms with Crippen LogP contribution in [0.5, 0.6) is 0 Å². The number of nitrogens with zero attached hydrogens (tertiary/aromatic N) is 2. The van der Waals surface area contributed by atoms with Crippen LogP contribution in [0.15, 0.2) is 5.16 Å². The Morgan fingerprint density at radius 2 is 2.19 bits per heavy atom. The minimum absolute atomic E-state index is 0.0261. The van der Waals surface area contributed by atoms with Gasteiger partial charge in [0.1, 0.15) is 12.4 Å². The van der Waals surface area contributed by atoms with E-state index in [1.54, 1.807) is 0 Å². The van der Waals surface area contributed by atoms with Crippen LogP contribution in [0.2, 0.25) is 0 Å². The van der Waals surface area contributed by atoms with Gasteiger partial charge in [0, 0.05) is 18.1 Å². The Kier molecular flexibility index (Phi) is 4.35. The van der Waals surface area contributed by atoms with Crippen LogP contribution in [0.4, 0.5) is 0 Å². The van der Waals surface area contributed by atoms with Crippen molar-refractivity contribution in [1.82, 2.24) is 15.2 Å². The lowest BCUT2D eigenvalue weighted by Crippen LogP contribution is -2.13. The third-order valence-electron chi connectivity index (χ3n) is 1.80. The second-order valence-corrected chi connectivity index (χ2v) is 5.47. The molecule has 0 radical (unpaired) electrons. The van der Waals surface area contributed by atoms with Crippen LogP contribution < -0.4 is 0 Å². The van der Waals surface area contributed by atoms with Crippen LogP contribution in [0.25, 0.3) is 0 Å². The highest BCUT2D eigenvalue weighted by Gasteiger charge is 2.18. The molecule has 0 aliphatic rings. The molecule has 0 unspecified atom stereocenters. The Labute approximate surface area is 99.4 Å². The number of thioether (sulfide) groups is 1. The first-order valence-corrected chi connectivity index (χ1v) is 6.07. The first-order chi connectivity index (χ1) is 7.39. The Bertz CT molecular complexity index is 357. The van der Waals surface area contributed by atoms with E-state index in [2.05, 4.69) is 36.0 Å². The Morgan fingerprint density at radius 1 is 1.50 bits per heavy atom. The lowest BCUT2D eigenvalue weighted by molar-refractivity contribution is -0.140. The normalized spacial score (nSPS) is 11.5. The third-order valence-corrected chi connectivity index (χ3v) is 2.61. The number of nitrogens with one attached hydrogen (secondary N) is 1. The SMILES string of the molecule is CC(=O)OCCSc1n[nH]c(C(C)(C)C)n1. The van der Waals surface area contributed by atoms with Gasteiger partial charge in [0.05, 0.1) is 0 Å². The number of rotatable bonds is 4. The predicted molar refractivity (Wildman–Crippen MR) is 62.4 cm³/mol. The van der Waals surface area contributed by atoms with E-state index in [1.807, 2.05) is 0 Å². The summed E-state index contributed by atoms with van der Waals surface area (Å²) in [5.74, 6) is 1.27. The molecule has 1 aromatic heterocycles. The van der Waals surface area contributed by atoms with Crippen LogP contribution in [-0.2, 0) is 14.9 Å². The maximum atomic E-state index is 10.5. The zero-order valence-electron chi connectivity index (χ0n) is 10.0. The molecule has 6 heteroatoms. The van der Waals surface area contributed by atoms with Crippen molar-refractivity contribution < 1.29 is 9.53 Å². The summed E-state index contributed by atoms with van der Waals surface area (Å²) >= 11 is 1.47. The van der Waals surface area contributed by atoms with E-state index in [0.29, 0.717) is 17.5 Å². The van der Waals surface area contributed by atoms with Crippen molar-refractivity contribution in [2.24, 2.45) is 0 Å². The van der Waals surface area contributed by atoms with Crippen LogP contribution >= 0.6 is 11.8 Å². The fourth-order valence-corrected chi connectivity index (χ4v) is 1.58. The molecule has 0 atom stereocenters. The van der Waals surface area contributed by atoms with E-state index < -0.39 is 0 Å². The quantitative estimate of drug-likeness (QED) is 0.496. The summed E-state index contributed by atoms with van der Waals surface area (Å²) in [5.41, 5.74) is -0.0261. The van der Waals surface area contributed by atoms with Crippen LogP contribution in [-0.4, -0.2) is 33.5 Å². The molecule has 0 saturated carbocycles. The van der Waals surface area contributed by atoms with Gasteiger partial charge in [-0.3, -0.25) is 9.89 Å². The summed E-state index contributed by atoms with van der Waals surface area (Å²) in [6.45, 7) is 8.00. The standard InChI is InChI=1S/C10H17N3O2S/c1-7(14)15-5-6-16-9-11-8(12-13-9)10(2,3)4/h5-6H2,1-4H3,(H,11,12,13). The number of aromatic amines is 1. The maximum absolute atomic E-state index is 10.5. The minimum Gasteiger partial charge on any atom is -0.465 e. The first kappa shape index (κ1) is 13.0. The van der Waals surface area contributed by atoms with E-state index in [9.17, 15) is 4.79 Å². The number of hydrogen-bond acceptors (Lipinski definition) is 5. The number of carbonyl (C=O) groups is 1. The Hall–Kier alpha value is -1.04. The molecule has 1 aromatic rings. The number of H-pyrrole nitrogens is 1. The zero-order valence-corrected chi connectivity index (χ0v) is 10.8. The first-order valence-electron chi connectivity index (χ1n) is 5.08. The van der Waals surface area contributed by atoms with Gasteiger partial charge in [-0.25, -0.2) is 4.98 Å². The molecule has 0 amide bonds. The Morgan fingerprint density at radius 3 is 2.69 bits per heavy atom. The monoisotopic (exact) mass is 243 g/mol. The average Bonchev–Trinajstić information content (AvgIpc) is 2.59. The summed E-state index contributed by atoms with van der Waals surface area (Å²) < 4.78 is 4.81. The highest BCUT2D eigenvalue weighted by atomic mass is 32.2. The van der Waals surface area contributed by atoms with Crippen LogP contribution in [0.1, 0.15) is 33.5 Å².